The molecule has 6 aromatic rings. The maximum atomic E-state index is 14.5. The predicted octanol–water partition coefficient (Wildman–Crippen LogP) is 9.18. The summed E-state index contributed by atoms with van der Waals surface area (Å²) in [6.07, 6.45) is 7.73. The molecule has 0 radical (unpaired) electrons. The molecule has 0 bridgehead atoms. The molecular weight excluding hydrogens is 699 g/mol. The summed E-state index contributed by atoms with van der Waals surface area (Å²) in [5, 5.41) is 14.2. The molecule has 3 atom stereocenters. The number of pyridine rings is 2. The van der Waals surface area contributed by atoms with Crippen molar-refractivity contribution in [2.45, 2.75) is 69.9 Å². The van der Waals surface area contributed by atoms with Crippen LogP contribution in [-0.2, 0) is 19.3 Å². The minimum absolute atomic E-state index is 0.00237. The summed E-state index contributed by atoms with van der Waals surface area (Å²) in [5.74, 6) is 1.75. The van der Waals surface area contributed by atoms with Crippen LogP contribution < -0.4 is 10.1 Å². The third kappa shape index (κ3) is 4.89. The van der Waals surface area contributed by atoms with Gasteiger partial charge in [0, 0.05) is 40.7 Å². The van der Waals surface area contributed by atoms with Crippen LogP contribution in [0.2, 0.25) is 5.02 Å². The normalized spacial score (nSPS) is 20.0. The minimum Gasteiger partial charge on any atom is -0.493 e. The Hall–Kier alpha value is -4.87. The summed E-state index contributed by atoms with van der Waals surface area (Å²) >= 11 is 7.98. The molecule has 1 saturated heterocycles. The molecule has 6 heterocycles. The Balaban J connectivity index is 1.14. The van der Waals surface area contributed by atoms with Gasteiger partial charge in [0.15, 0.2) is 11.6 Å². The quantitative estimate of drug-likeness (QED) is 0.173. The fourth-order valence-electron chi connectivity index (χ4n) is 9.06. The van der Waals surface area contributed by atoms with E-state index in [0.717, 1.165) is 91.5 Å². The second-order valence-electron chi connectivity index (χ2n) is 14.2. The van der Waals surface area contributed by atoms with Gasteiger partial charge in [-0.05, 0) is 103 Å². The highest BCUT2D eigenvalue weighted by molar-refractivity contribution is 7.23. The van der Waals surface area contributed by atoms with E-state index in [2.05, 4.69) is 33.7 Å². The number of nitrogens with one attached hydrogen (secondary N) is 1. The lowest BCUT2D eigenvalue weighted by molar-refractivity contribution is 0.0776. The van der Waals surface area contributed by atoms with Crippen molar-refractivity contribution in [2.24, 2.45) is 0 Å². The van der Waals surface area contributed by atoms with Crippen molar-refractivity contribution >= 4 is 44.7 Å². The molecule has 4 aliphatic rings. The van der Waals surface area contributed by atoms with Crippen molar-refractivity contribution in [2.75, 3.05) is 19.0 Å². The Morgan fingerprint density at radius 3 is 2.79 bits per heavy atom. The third-order valence-electron chi connectivity index (χ3n) is 11.3. The number of carbonyl (C=O) groups is 1. The van der Waals surface area contributed by atoms with Gasteiger partial charge in [-0.3, -0.25) is 9.78 Å². The number of hydrogen-bond acceptors (Lipinski definition) is 9. The first kappa shape index (κ1) is 31.8. The molecule has 1 fully saturated rings. The lowest BCUT2D eigenvalue weighted by Crippen LogP contribution is -2.22. The van der Waals surface area contributed by atoms with Gasteiger partial charge < -0.3 is 19.4 Å². The van der Waals surface area contributed by atoms with Gasteiger partial charge in [-0.15, -0.1) is 21.5 Å². The zero-order chi connectivity index (χ0) is 35.2. The van der Waals surface area contributed by atoms with Gasteiger partial charge in [0.2, 0.25) is 11.8 Å². The highest BCUT2D eigenvalue weighted by Gasteiger charge is 2.45. The van der Waals surface area contributed by atoms with Crippen molar-refractivity contribution in [3.8, 4) is 27.6 Å². The Labute approximate surface area is 308 Å². The molecular formula is C40H34ClFN6O3S. The summed E-state index contributed by atoms with van der Waals surface area (Å²) < 4.78 is 27.1. The molecule has 12 heteroatoms. The Morgan fingerprint density at radius 1 is 1.06 bits per heavy atom. The largest absolute Gasteiger partial charge is 0.493 e. The van der Waals surface area contributed by atoms with E-state index < -0.39 is 0 Å². The van der Waals surface area contributed by atoms with E-state index in [-0.39, 0.29) is 29.7 Å². The summed E-state index contributed by atoms with van der Waals surface area (Å²) in [7, 11) is 1.51. The van der Waals surface area contributed by atoms with Crippen LogP contribution in [0, 0.1) is 12.7 Å². The van der Waals surface area contributed by atoms with E-state index in [1.54, 1.807) is 24.5 Å². The average Bonchev–Trinajstić information content (AvgIpc) is 3.99. The van der Waals surface area contributed by atoms with Crippen LogP contribution in [-0.4, -0.2) is 44.6 Å². The highest BCUT2D eigenvalue weighted by atomic mass is 35.5. The molecule has 0 spiro atoms. The average molecular weight is 733 g/mol. The molecule has 2 aliphatic heterocycles. The molecule has 1 N–H and O–H groups in total. The number of methoxy groups -OCH3 is 1. The molecule has 10 rings (SSSR count). The van der Waals surface area contributed by atoms with Crippen LogP contribution in [0.25, 0.3) is 32.0 Å². The number of thiophene rings is 1. The van der Waals surface area contributed by atoms with Gasteiger partial charge in [0.05, 0.1) is 46.4 Å². The lowest BCUT2D eigenvalue weighted by atomic mass is 9.89. The first-order chi connectivity index (χ1) is 25.4. The van der Waals surface area contributed by atoms with Gasteiger partial charge in [0.25, 0.3) is 5.91 Å². The summed E-state index contributed by atoms with van der Waals surface area (Å²) in [6, 6.07) is 13.5. The Bertz CT molecular complexity index is 2460. The molecule has 262 valence electrons. The summed E-state index contributed by atoms with van der Waals surface area (Å²) in [5.41, 5.74) is 8.34. The number of hydrogen-bond donors (Lipinski definition) is 1. The fraction of sp³-hybridized carbons (Fsp3) is 0.325. The van der Waals surface area contributed by atoms with Crippen LogP contribution in [0.15, 0.2) is 53.1 Å². The summed E-state index contributed by atoms with van der Waals surface area (Å²) in [6.45, 7) is 2.49. The van der Waals surface area contributed by atoms with Crippen LogP contribution in [0.4, 0.5) is 10.2 Å². The van der Waals surface area contributed by atoms with Crippen molar-refractivity contribution in [1.82, 2.24) is 25.1 Å². The van der Waals surface area contributed by atoms with E-state index in [1.165, 1.54) is 24.3 Å². The van der Waals surface area contributed by atoms with Crippen LogP contribution >= 0.6 is 22.9 Å². The van der Waals surface area contributed by atoms with Gasteiger partial charge in [-0.25, -0.2) is 9.37 Å². The zero-order valence-corrected chi connectivity index (χ0v) is 30.2. The van der Waals surface area contributed by atoms with E-state index >= 15 is 0 Å². The first-order valence-corrected chi connectivity index (χ1v) is 19.0. The lowest BCUT2D eigenvalue weighted by Gasteiger charge is -2.19. The smallest absolute Gasteiger partial charge is 0.257 e. The number of fused-ring (bicyclic) bond motifs is 6. The van der Waals surface area contributed by atoms with Crippen LogP contribution in [0.1, 0.15) is 93.6 Å². The van der Waals surface area contributed by atoms with E-state index in [9.17, 15) is 9.18 Å². The second kappa shape index (κ2) is 12.1. The molecule has 2 aliphatic carbocycles. The molecule has 2 aromatic carbocycles. The van der Waals surface area contributed by atoms with Crippen molar-refractivity contribution in [3.63, 3.8) is 0 Å². The zero-order valence-electron chi connectivity index (χ0n) is 28.6. The SMILES string of the molecule is COc1c(F)ccc2c1CCC2Nc1nccc2cc(-c3c4c(nc(C[C@H]5CCc6cc(Cl)ccc65)c3-c3nnc(C)o3)C3CCCN3C4=O)sc12. The highest BCUT2D eigenvalue weighted by Crippen LogP contribution is 2.52. The number of aryl methyl sites for hydroxylation is 2. The number of nitrogens with zero attached hydrogens (tertiary/aromatic N) is 5. The molecule has 52 heavy (non-hydrogen) atoms. The third-order valence-corrected chi connectivity index (χ3v) is 12.7. The Kier molecular flexibility index (Phi) is 7.41. The van der Waals surface area contributed by atoms with Gasteiger partial charge in [-0.2, -0.15) is 0 Å². The molecule has 0 saturated carbocycles. The minimum atomic E-state index is -0.349. The van der Waals surface area contributed by atoms with Gasteiger partial charge in [-0.1, -0.05) is 23.7 Å². The number of halogens is 2. The first-order valence-electron chi connectivity index (χ1n) is 17.8. The van der Waals surface area contributed by atoms with Crippen molar-refractivity contribution in [3.05, 3.63) is 105 Å². The number of ether oxygens (including phenoxy) is 1. The molecule has 2 unspecified atom stereocenters. The van der Waals surface area contributed by atoms with E-state index in [4.69, 9.17) is 30.7 Å². The monoisotopic (exact) mass is 732 g/mol. The number of carbonyl (C=O) groups excluding carboxylic acids is 1. The maximum Gasteiger partial charge on any atom is 0.257 e. The molecule has 9 nitrogen and oxygen atoms in total. The topological polar surface area (TPSA) is 106 Å². The van der Waals surface area contributed by atoms with Gasteiger partial charge >= 0.3 is 0 Å². The van der Waals surface area contributed by atoms with Crippen molar-refractivity contribution < 1.29 is 18.3 Å². The number of aromatic nitrogens is 4. The number of rotatable bonds is 7. The maximum absolute atomic E-state index is 14.5. The van der Waals surface area contributed by atoms with Crippen LogP contribution in [0.3, 0.4) is 0 Å². The van der Waals surface area contributed by atoms with E-state index in [1.807, 2.05) is 23.1 Å². The molecule has 1 amide bonds. The number of amides is 1. The van der Waals surface area contributed by atoms with E-state index in [0.29, 0.717) is 42.5 Å². The number of benzene rings is 2. The molecule has 4 aromatic heterocycles. The standard InChI is InChI=1S/C40H34ClFN6O3S/c1-19-46-47-39(51-19)32-29(17-21-6-5-20-16-23(41)7-8-24(20)21)44-35-30-4-3-15-48(30)40(49)34(35)33(32)31-18-22-13-14-43-38(37(22)52-31)45-28-12-10-26-25(28)9-11-27(42)36(26)50-2/h7-9,11,13-14,16,18,21,28,30H,3-6,10,12,15,17H2,1-2H3,(H,43,45)/t21-,28?,30?/m1/s1. The second-order valence-corrected chi connectivity index (χ2v) is 15.7. The predicted molar refractivity (Wildman–Crippen MR) is 198 cm³/mol. The number of anilines is 1. The Morgan fingerprint density at radius 2 is 1.94 bits per heavy atom. The summed E-state index contributed by atoms with van der Waals surface area (Å²) in [4.78, 5) is 27.4. The van der Waals surface area contributed by atoms with Crippen molar-refractivity contribution in [1.29, 1.82) is 0 Å². The van der Waals surface area contributed by atoms with Gasteiger partial charge in [0.1, 0.15) is 5.82 Å². The van der Waals surface area contributed by atoms with Crippen LogP contribution in [0.5, 0.6) is 5.75 Å². The fourth-order valence-corrected chi connectivity index (χ4v) is 10.4.